The van der Waals surface area contributed by atoms with E-state index in [1.807, 2.05) is 12.3 Å². The minimum absolute atomic E-state index is 0.0812. The van der Waals surface area contributed by atoms with Crippen molar-refractivity contribution in [3.63, 3.8) is 0 Å². The van der Waals surface area contributed by atoms with Crippen LogP contribution in [0.25, 0.3) is 0 Å². The quantitative estimate of drug-likeness (QED) is 0.879. The lowest BCUT2D eigenvalue weighted by Crippen LogP contribution is -2.18. The summed E-state index contributed by atoms with van der Waals surface area (Å²) in [5.41, 5.74) is 0.549. The predicted octanol–water partition coefficient (Wildman–Crippen LogP) is 2.84. The maximum Gasteiger partial charge on any atom is 0.123 e. The van der Waals surface area contributed by atoms with E-state index in [1.54, 1.807) is 17.5 Å². The number of phenols is 1. The summed E-state index contributed by atoms with van der Waals surface area (Å²) in [6, 6.07) is 4.01. The number of benzene rings is 1. The predicted molar refractivity (Wildman–Crippen MR) is 65.4 cm³/mol. The fourth-order valence-corrected chi connectivity index (χ4v) is 2.16. The van der Waals surface area contributed by atoms with E-state index in [0.717, 1.165) is 5.01 Å². The standard InChI is InChI=1S/C12H13FN2OS/c1-8(12-14-4-5-17-12)15-7-9-6-10(13)2-3-11(9)16/h2-6,8,15-16H,7H2,1H3. The number of aromatic hydroxyl groups is 1. The molecule has 0 aliphatic carbocycles. The van der Waals surface area contributed by atoms with Gasteiger partial charge in [-0.25, -0.2) is 9.37 Å². The van der Waals surface area contributed by atoms with Crippen molar-refractivity contribution in [1.29, 1.82) is 0 Å². The first-order valence-electron chi connectivity index (χ1n) is 5.27. The molecule has 2 rings (SSSR count). The van der Waals surface area contributed by atoms with E-state index < -0.39 is 0 Å². The third-order valence-corrected chi connectivity index (χ3v) is 3.42. The van der Waals surface area contributed by atoms with Crippen molar-refractivity contribution in [2.24, 2.45) is 0 Å². The molecule has 1 unspecified atom stereocenters. The lowest BCUT2D eigenvalue weighted by Gasteiger charge is -2.12. The molecule has 2 N–H and O–H groups in total. The molecule has 2 aromatic rings. The number of nitrogens with zero attached hydrogens (tertiary/aromatic N) is 1. The van der Waals surface area contributed by atoms with E-state index in [9.17, 15) is 9.50 Å². The molecule has 3 nitrogen and oxygen atoms in total. The van der Waals surface area contributed by atoms with Gasteiger partial charge in [-0.15, -0.1) is 11.3 Å². The van der Waals surface area contributed by atoms with Crippen LogP contribution < -0.4 is 5.32 Å². The van der Waals surface area contributed by atoms with Crippen LogP contribution in [0.1, 0.15) is 23.5 Å². The second kappa shape index (κ2) is 5.25. The van der Waals surface area contributed by atoms with Gasteiger partial charge in [0.1, 0.15) is 16.6 Å². The fourth-order valence-electron chi connectivity index (χ4n) is 1.49. The zero-order valence-electron chi connectivity index (χ0n) is 9.35. The van der Waals surface area contributed by atoms with E-state index in [2.05, 4.69) is 10.3 Å². The van der Waals surface area contributed by atoms with Crippen molar-refractivity contribution in [3.8, 4) is 5.75 Å². The molecule has 0 saturated heterocycles. The molecule has 0 aliphatic heterocycles. The SMILES string of the molecule is CC(NCc1cc(F)ccc1O)c1nccs1. The molecule has 0 aliphatic rings. The van der Waals surface area contributed by atoms with Crippen molar-refractivity contribution >= 4 is 11.3 Å². The van der Waals surface area contributed by atoms with Gasteiger partial charge in [-0.05, 0) is 25.1 Å². The van der Waals surface area contributed by atoms with Crippen LogP contribution in [-0.4, -0.2) is 10.1 Å². The topological polar surface area (TPSA) is 45.1 Å². The number of hydrogen-bond acceptors (Lipinski definition) is 4. The number of aromatic nitrogens is 1. The highest BCUT2D eigenvalue weighted by molar-refractivity contribution is 7.09. The molecule has 0 amide bonds. The molecular formula is C12H13FN2OS. The summed E-state index contributed by atoms with van der Waals surface area (Å²) in [4.78, 5) is 4.19. The molecule has 17 heavy (non-hydrogen) atoms. The van der Waals surface area contributed by atoms with Crippen LogP contribution in [0.15, 0.2) is 29.8 Å². The van der Waals surface area contributed by atoms with Gasteiger partial charge >= 0.3 is 0 Å². The second-order valence-electron chi connectivity index (χ2n) is 3.75. The Morgan fingerprint density at radius 2 is 2.35 bits per heavy atom. The molecule has 1 aromatic heterocycles. The van der Waals surface area contributed by atoms with E-state index in [0.29, 0.717) is 12.1 Å². The molecular weight excluding hydrogens is 239 g/mol. The van der Waals surface area contributed by atoms with Gasteiger partial charge < -0.3 is 10.4 Å². The first-order valence-corrected chi connectivity index (χ1v) is 6.15. The maximum atomic E-state index is 13.0. The number of thiazole rings is 1. The van der Waals surface area contributed by atoms with Gasteiger partial charge in [-0.3, -0.25) is 0 Å². The molecule has 0 bridgehead atoms. The molecule has 1 heterocycles. The lowest BCUT2D eigenvalue weighted by atomic mass is 10.2. The zero-order valence-corrected chi connectivity index (χ0v) is 10.2. The summed E-state index contributed by atoms with van der Waals surface area (Å²) in [6.45, 7) is 2.39. The van der Waals surface area contributed by atoms with E-state index in [-0.39, 0.29) is 17.6 Å². The number of rotatable bonds is 4. The Balaban J connectivity index is 2.00. The molecule has 5 heteroatoms. The fraction of sp³-hybridized carbons (Fsp3) is 0.250. The molecule has 0 spiro atoms. The van der Waals surface area contributed by atoms with Gasteiger partial charge in [0.05, 0.1) is 6.04 Å². The summed E-state index contributed by atoms with van der Waals surface area (Å²) in [5, 5.41) is 15.6. The summed E-state index contributed by atoms with van der Waals surface area (Å²) in [6.07, 6.45) is 1.75. The average Bonchev–Trinajstić information content (AvgIpc) is 2.83. The molecule has 1 aromatic carbocycles. The smallest absolute Gasteiger partial charge is 0.123 e. The number of phenolic OH excluding ortho intramolecular Hbond substituents is 1. The summed E-state index contributed by atoms with van der Waals surface area (Å²) < 4.78 is 13.0. The van der Waals surface area contributed by atoms with Crippen molar-refractivity contribution in [2.75, 3.05) is 0 Å². The molecule has 1 atom stereocenters. The van der Waals surface area contributed by atoms with Crippen molar-refractivity contribution in [1.82, 2.24) is 10.3 Å². The van der Waals surface area contributed by atoms with E-state index in [1.165, 1.54) is 18.2 Å². The normalized spacial score (nSPS) is 12.6. The third kappa shape index (κ3) is 3.01. The van der Waals surface area contributed by atoms with Crippen LogP contribution >= 0.6 is 11.3 Å². The third-order valence-electron chi connectivity index (χ3n) is 2.46. The molecule has 0 saturated carbocycles. The van der Waals surface area contributed by atoms with Crippen LogP contribution in [0.5, 0.6) is 5.75 Å². The van der Waals surface area contributed by atoms with Crippen LogP contribution in [-0.2, 0) is 6.54 Å². The van der Waals surface area contributed by atoms with Crippen LogP contribution in [0.4, 0.5) is 4.39 Å². The Hall–Kier alpha value is -1.46. The van der Waals surface area contributed by atoms with Crippen LogP contribution in [0.3, 0.4) is 0 Å². The molecule has 90 valence electrons. The van der Waals surface area contributed by atoms with E-state index in [4.69, 9.17) is 0 Å². The van der Waals surface area contributed by atoms with Gasteiger partial charge in [0, 0.05) is 23.7 Å². The second-order valence-corrected chi connectivity index (χ2v) is 4.67. The highest BCUT2D eigenvalue weighted by Crippen LogP contribution is 2.20. The largest absolute Gasteiger partial charge is 0.508 e. The van der Waals surface area contributed by atoms with Crippen LogP contribution in [0, 0.1) is 5.82 Å². The first kappa shape index (κ1) is 12.0. The Labute approximate surface area is 103 Å². The van der Waals surface area contributed by atoms with Crippen molar-refractivity contribution in [3.05, 3.63) is 46.2 Å². The molecule has 0 fully saturated rings. The number of hydrogen-bond donors (Lipinski definition) is 2. The number of halogens is 1. The minimum atomic E-state index is -0.346. The highest BCUT2D eigenvalue weighted by atomic mass is 32.1. The summed E-state index contributed by atoms with van der Waals surface area (Å²) in [7, 11) is 0. The van der Waals surface area contributed by atoms with Gasteiger partial charge in [0.15, 0.2) is 0 Å². The van der Waals surface area contributed by atoms with E-state index >= 15 is 0 Å². The van der Waals surface area contributed by atoms with Gasteiger partial charge in [-0.1, -0.05) is 0 Å². The van der Waals surface area contributed by atoms with Crippen molar-refractivity contribution in [2.45, 2.75) is 19.5 Å². The van der Waals surface area contributed by atoms with Crippen molar-refractivity contribution < 1.29 is 9.50 Å². The summed E-state index contributed by atoms with van der Waals surface area (Å²) in [5.74, 6) is -0.244. The summed E-state index contributed by atoms with van der Waals surface area (Å²) >= 11 is 1.56. The Bertz CT molecular complexity index is 487. The Kier molecular flexibility index (Phi) is 3.71. The van der Waals surface area contributed by atoms with Gasteiger partial charge in [0.2, 0.25) is 0 Å². The maximum absolute atomic E-state index is 13.0. The molecule has 0 radical (unpaired) electrons. The minimum Gasteiger partial charge on any atom is -0.508 e. The Morgan fingerprint density at radius 3 is 3.06 bits per heavy atom. The zero-order chi connectivity index (χ0) is 12.3. The first-order chi connectivity index (χ1) is 8.16. The lowest BCUT2D eigenvalue weighted by molar-refractivity contribution is 0.457. The van der Waals surface area contributed by atoms with Gasteiger partial charge in [-0.2, -0.15) is 0 Å². The van der Waals surface area contributed by atoms with Crippen LogP contribution in [0.2, 0.25) is 0 Å². The number of nitrogens with one attached hydrogen (secondary N) is 1. The highest BCUT2D eigenvalue weighted by Gasteiger charge is 2.09. The average molecular weight is 252 g/mol. The van der Waals surface area contributed by atoms with Gasteiger partial charge in [0.25, 0.3) is 0 Å². The Morgan fingerprint density at radius 1 is 1.53 bits per heavy atom. The monoisotopic (exact) mass is 252 g/mol.